The zero-order valence-corrected chi connectivity index (χ0v) is 16.7. The van der Waals surface area contributed by atoms with Crippen molar-refractivity contribution >= 4 is 29.0 Å². The molecule has 27 heavy (non-hydrogen) atoms. The van der Waals surface area contributed by atoms with E-state index >= 15 is 0 Å². The number of hydrogen-bond acceptors (Lipinski definition) is 6. The van der Waals surface area contributed by atoms with Crippen molar-refractivity contribution in [1.29, 1.82) is 0 Å². The van der Waals surface area contributed by atoms with Crippen molar-refractivity contribution in [1.82, 2.24) is 15.3 Å². The topological polar surface area (TPSA) is 64.1 Å². The van der Waals surface area contributed by atoms with E-state index in [1.165, 1.54) is 0 Å². The summed E-state index contributed by atoms with van der Waals surface area (Å²) in [5.41, 5.74) is 3.08. The van der Waals surface area contributed by atoms with Crippen molar-refractivity contribution in [3.8, 4) is 5.88 Å². The lowest BCUT2D eigenvalue weighted by molar-refractivity contribution is -0.118. The fraction of sp³-hybridized carbons (Fsp3) is 0.250. The number of hydrogen-bond donors (Lipinski definition) is 1. The lowest BCUT2D eigenvalue weighted by atomic mass is 10.2. The van der Waals surface area contributed by atoms with Crippen molar-refractivity contribution < 1.29 is 9.53 Å². The molecule has 0 fully saturated rings. The summed E-state index contributed by atoms with van der Waals surface area (Å²) in [6.07, 6.45) is 1.70. The first-order chi connectivity index (χ1) is 13.2. The lowest BCUT2D eigenvalue weighted by Crippen LogP contribution is -2.24. The van der Waals surface area contributed by atoms with Crippen LogP contribution in [0.15, 0.2) is 54.0 Å². The van der Waals surface area contributed by atoms with E-state index < -0.39 is 0 Å². The second-order valence-corrected chi connectivity index (χ2v) is 7.95. The molecule has 3 rings (SSSR count). The van der Waals surface area contributed by atoms with Crippen LogP contribution in [0.2, 0.25) is 0 Å². The number of thioether (sulfide) groups is 1. The average molecular weight is 400 g/mol. The Morgan fingerprint density at radius 3 is 2.85 bits per heavy atom. The zero-order chi connectivity index (χ0) is 18.9. The summed E-state index contributed by atoms with van der Waals surface area (Å²) in [4.78, 5) is 20.6. The van der Waals surface area contributed by atoms with E-state index in [-0.39, 0.29) is 5.91 Å². The van der Waals surface area contributed by atoms with E-state index in [1.54, 1.807) is 29.3 Å². The van der Waals surface area contributed by atoms with Crippen LogP contribution < -0.4 is 10.1 Å². The van der Waals surface area contributed by atoms with E-state index in [0.717, 1.165) is 27.6 Å². The van der Waals surface area contributed by atoms with Crippen molar-refractivity contribution in [2.45, 2.75) is 25.8 Å². The summed E-state index contributed by atoms with van der Waals surface area (Å²) in [6.45, 7) is 2.91. The van der Waals surface area contributed by atoms with Gasteiger partial charge in [-0.05, 0) is 24.1 Å². The predicted octanol–water partition coefficient (Wildman–Crippen LogP) is 3.98. The van der Waals surface area contributed by atoms with Crippen LogP contribution in [0.1, 0.15) is 21.8 Å². The first-order valence-corrected chi connectivity index (χ1v) is 10.6. The van der Waals surface area contributed by atoms with Crippen LogP contribution in [0.4, 0.5) is 0 Å². The molecular formula is C20H21N3O2S2. The van der Waals surface area contributed by atoms with Crippen molar-refractivity contribution in [3.63, 3.8) is 0 Å². The minimum atomic E-state index is 0.00974. The van der Waals surface area contributed by atoms with Gasteiger partial charge in [-0.3, -0.25) is 4.79 Å². The molecule has 1 aromatic carbocycles. The molecule has 0 saturated carbocycles. The number of nitrogens with one attached hydrogen (secondary N) is 1. The number of rotatable bonds is 9. The van der Waals surface area contributed by atoms with Gasteiger partial charge in [0, 0.05) is 29.9 Å². The van der Waals surface area contributed by atoms with Crippen LogP contribution in [-0.4, -0.2) is 21.6 Å². The van der Waals surface area contributed by atoms with Gasteiger partial charge in [-0.15, -0.1) is 23.1 Å². The highest BCUT2D eigenvalue weighted by Crippen LogP contribution is 2.15. The molecule has 0 radical (unpaired) electrons. The van der Waals surface area contributed by atoms with Crippen LogP contribution in [0, 0.1) is 6.92 Å². The quantitative estimate of drug-likeness (QED) is 0.590. The number of ether oxygens (including phenoxy) is 1. The van der Waals surface area contributed by atoms with Gasteiger partial charge < -0.3 is 10.1 Å². The van der Waals surface area contributed by atoms with Gasteiger partial charge in [0.05, 0.1) is 16.5 Å². The molecule has 0 saturated heterocycles. The highest BCUT2D eigenvalue weighted by Gasteiger charge is 2.05. The maximum atomic E-state index is 12.0. The molecule has 0 aliphatic heterocycles. The van der Waals surface area contributed by atoms with Crippen molar-refractivity contribution in [2.75, 3.05) is 5.75 Å². The molecular weight excluding hydrogens is 378 g/mol. The summed E-state index contributed by atoms with van der Waals surface area (Å²) in [5.74, 6) is 1.73. The Bertz CT molecular complexity index is 868. The van der Waals surface area contributed by atoms with Crippen molar-refractivity contribution in [3.05, 3.63) is 75.9 Å². The minimum Gasteiger partial charge on any atom is -0.473 e. The Kier molecular flexibility index (Phi) is 7.24. The normalized spacial score (nSPS) is 10.6. The molecule has 1 amide bonds. The third-order valence-corrected chi connectivity index (χ3v) is 5.46. The number of aryl methyl sites for hydroxylation is 1. The molecule has 2 heterocycles. The van der Waals surface area contributed by atoms with Crippen molar-refractivity contribution in [2.24, 2.45) is 0 Å². The number of amides is 1. The summed E-state index contributed by atoms with van der Waals surface area (Å²) in [6, 6.07) is 13.7. The van der Waals surface area contributed by atoms with Gasteiger partial charge in [0.25, 0.3) is 0 Å². The number of carbonyl (C=O) groups excluding carboxylic acids is 1. The van der Waals surface area contributed by atoms with Crippen LogP contribution >= 0.6 is 23.1 Å². The Balaban J connectivity index is 1.40. The van der Waals surface area contributed by atoms with E-state index in [2.05, 4.69) is 15.3 Å². The molecule has 2 aromatic heterocycles. The maximum Gasteiger partial charge on any atom is 0.230 e. The molecule has 0 atom stereocenters. The van der Waals surface area contributed by atoms with Gasteiger partial charge in [-0.1, -0.05) is 30.3 Å². The number of aromatic nitrogens is 2. The van der Waals surface area contributed by atoms with E-state index in [9.17, 15) is 4.79 Å². The van der Waals surface area contributed by atoms with Crippen LogP contribution in [0.25, 0.3) is 0 Å². The molecule has 0 bridgehead atoms. The second kappa shape index (κ2) is 10.1. The standard InChI is InChI=1S/C20H21N3O2S2/c1-15-23-18(13-27-15)12-26-14-19(24)22-10-17-7-8-21-20(9-17)25-11-16-5-3-2-4-6-16/h2-9,13H,10-12,14H2,1H3,(H,22,24). The smallest absolute Gasteiger partial charge is 0.230 e. The Labute approximate surface area is 167 Å². The summed E-state index contributed by atoms with van der Waals surface area (Å²) >= 11 is 3.20. The van der Waals surface area contributed by atoms with Crippen LogP contribution in [0.5, 0.6) is 5.88 Å². The average Bonchev–Trinajstić information content (AvgIpc) is 3.11. The molecule has 0 unspecified atom stereocenters. The lowest BCUT2D eigenvalue weighted by Gasteiger charge is -2.08. The first-order valence-electron chi connectivity index (χ1n) is 8.56. The number of thiazole rings is 1. The third kappa shape index (κ3) is 6.69. The number of carbonyl (C=O) groups is 1. The molecule has 3 aromatic rings. The number of benzene rings is 1. The highest BCUT2D eigenvalue weighted by atomic mass is 32.2. The van der Waals surface area contributed by atoms with Gasteiger partial charge in [-0.2, -0.15) is 0 Å². The fourth-order valence-corrected chi connectivity index (χ4v) is 3.81. The second-order valence-electron chi connectivity index (χ2n) is 5.90. The van der Waals surface area contributed by atoms with Gasteiger partial charge in [0.15, 0.2) is 0 Å². The van der Waals surface area contributed by atoms with Crippen LogP contribution in [0.3, 0.4) is 0 Å². The largest absolute Gasteiger partial charge is 0.473 e. The monoisotopic (exact) mass is 399 g/mol. The number of nitrogens with zero attached hydrogens (tertiary/aromatic N) is 2. The molecule has 0 aliphatic carbocycles. The SMILES string of the molecule is Cc1nc(CSCC(=O)NCc2ccnc(OCc3ccccc3)c2)cs1. The Hall–Kier alpha value is -2.38. The van der Waals surface area contributed by atoms with Gasteiger partial charge in [0.1, 0.15) is 6.61 Å². The molecule has 0 aliphatic rings. The first kappa shape index (κ1) is 19.4. The number of pyridine rings is 1. The summed E-state index contributed by atoms with van der Waals surface area (Å²) < 4.78 is 5.72. The summed E-state index contributed by atoms with van der Waals surface area (Å²) in [5, 5.41) is 6.02. The highest BCUT2D eigenvalue weighted by molar-refractivity contribution is 7.99. The third-order valence-electron chi connectivity index (χ3n) is 3.67. The van der Waals surface area contributed by atoms with E-state index in [4.69, 9.17) is 4.74 Å². The van der Waals surface area contributed by atoms with Gasteiger partial charge in [-0.25, -0.2) is 9.97 Å². The van der Waals surface area contributed by atoms with Gasteiger partial charge >= 0.3 is 0 Å². The Morgan fingerprint density at radius 1 is 1.22 bits per heavy atom. The minimum absolute atomic E-state index is 0.00974. The molecule has 7 heteroatoms. The predicted molar refractivity (Wildman–Crippen MR) is 110 cm³/mol. The van der Waals surface area contributed by atoms with Crippen LogP contribution in [-0.2, 0) is 23.7 Å². The Morgan fingerprint density at radius 2 is 2.07 bits per heavy atom. The van der Waals surface area contributed by atoms with Gasteiger partial charge in [0.2, 0.25) is 11.8 Å². The maximum absolute atomic E-state index is 12.0. The molecule has 140 valence electrons. The zero-order valence-electron chi connectivity index (χ0n) is 15.1. The summed E-state index contributed by atoms with van der Waals surface area (Å²) in [7, 11) is 0. The van der Waals surface area contributed by atoms with E-state index in [0.29, 0.717) is 24.8 Å². The van der Waals surface area contributed by atoms with E-state index in [1.807, 2.05) is 54.8 Å². The molecule has 0 spiro atoms. The molecule has 1 N–H and O–H groups in total. The fourth-order valence-electron chi connectivity index (χ4n) is 2.35. The molecule has 5 nitrogen and oxygen atoms in total.